The summed E-state index contributed by atoms with van der Waals surface area (Å²) in [6.07, 6.45) is 40.0. The topological polar surface area (TPSA) is 120 Å². The van der Waals surface area contributed by atoms with Gasteiger partial charge in [0.1, 0.15) is 6.61 Å². The van der Waals surface area contributed by atoms with Gasteiger partial charge in [-0.15, -0.1) is 0 Å². The second-order valence-electron chi connectivity index (χ2n) is 15.6. The number of rotatable bonds is 44. The van der Waals surface area contributed by atoms with Crippen LogP contribution in [0, 0.1) is 0 Å². The largest absolute Gasteiger partial charge is 0.472 e. The van der Waals surface area contributed by atoms with Gasteiger partial charge in [0.2, 0.25) is 0 Å². The highest BCUT2D eigenvalue weighted by molar-refractivity contribution is 7.47. The molecule has 322 valence electrons. The minimum Gasteiger partial charge on any atom is -0.462 e. The van der Waals surface area contributed by atoms with E-state index in [9.17, 15) is 19.0 Å². The molecule has 0 aliphatic heterocycles. The first-order valence-electron chi connectivity index (χ1n) is 23.0. The molecule has 0 aromatic heterocycles. The molecule has 2 atom stereocenters. The molecule has 0 spiro atoms. The molecule has 0 saturated carbocycles. The lowest BCUT2D eigenvalue weighted by molar-refractivity contribution is -0.161. The Morgan fingerprint density at radius 3 is 1.19 bits per heavy atom. The first-order valence-corrected chi connectivity index (χ1v) is 24.5. The summed E-state index contributed by atoms with van der Waals surface area (Å²) >= 11 is 0. The lowest BCUT2D eigenvalue weighted by Gasteiger charge is -2.20. The highest BCUT2D eigenvalue weighted by Crippen LogP contribution is 2.43. The number of ether oxygens (including phenoxy) is 2. The monoisotopic (exact) mass is 790 g/mol. The van der Waals surface area contributed by atoms with Crippen LogP contribution in [-0.4, -0.2) is 56.3 Å². The van der Waals surface area contributed by atoms with E-state index >= 15 is 0 Å². The van der Waals surface area contributed by atoms with Gasteiger partial charge in [-0.05, 0) is 19.9 Å². The Labute approximate surface area is 333 Å². The van der Waals surface area contributed by atoms with E-state index < -0.39 is 26.5 Å². The summed E-state index contributed by atoms with van der Waals surface area (Å²) in [5.74, 6) is -0.789. The van der Waals surface area contributed by atoms with Crippen molar-refractivity contribution in [2.24, 2.45) is 0 Å². The predicted octanol–water partition coefficient (Wildman–Crippen LogP) is 13.1. The number of phosphoric acid groups is 1. The highest BCUT2D eigenvalue weighted by atomic mass is 31.2. The number of carbonyl (C=O) groups is 2. The third kappa shape index (κ3) is 40.7. The van der Waals surface area contributed by atoms with Crippen molar-refractivity contribution < 1.29 is 37.6 Å². The average molecular weight is 790 g/mol. The maximum Gasteiger partial charge on any atom is 0.472 e. The Morgan fingerprint density at radius 2 is 0.833 bits per heavy atom. The molecule has 0 heterocycles. The fraction of sp³-hybridized carbons (Fsp3) is 0.955. The number of unbranched alkanes of at least 4 members (excludes halogenated alkanes) is 30. The molecule has 0 saturated heterocycles. The minimum absolute atomic E-state index is 0.0116. The van der Waals surface area contributed by atoms with Crippen LogP contribution in [-0.2, 0) is 32.7 Å². The van der Waals surface area contributed by atoms with Crippen LogP contribution >= 0.6 is 7.82 Å². The average Bonchev–Trinajstić information content (AvgIpc) is 3.15. The van der Waals surface area contributed by atoms with Crippen molar-refractivity contribution in [2.75, 3.05) is 33.4 Å². The molecule has 0 bridgehead atoms. The van der Waals surface area contributed by atoms with Gasteiger partial charge in [0, 0.05) is 19.4 Å². The Kier molecular flexibility index (Phi) is 40.9. The minimum atomic E-state index is -4.34. The molecule has 0 aliphatic carbocycles. The Morgan fingerprint density at radius 1 is 0.500 bits per heavy atom. The van der Waals surface area contributed by atoms with Crippen LogP contribution < -0.4 is 5.32 Å². The number of hydrogen-bond acceptors (Lipinski definition) is 8. The van der Waals surface area contributed by atoms with E-state index in [0.717, 1.165) is 38.5 Å². The lowest BCUT2D eigenvalue weighted by Crippen LogP contribution is -2.29. The van der Waals surface area contributed by atoms with Gasteiger partial charge < -0.3 is 19.7 Å². The second kappa shape index (κ2) is 41.6. The lowest BCUT2D eigenvalue weighted by atomic mass is 10.0. The zero-order valence-corrected chi connectivity index (χ0v) is 36.6. The van der Waals surface area contributed by atoms with Gasteiger partial charge in [-0.25, -0.2) is 4.57 Å². The van der Waals surface area contributed by atoms with E-state index in [-0.39, 0.29) is 25.6 Å². The Balaban J connectivity index is 4.13. The fourth-order valence-corrected chi connectivity index (χ4v) is 7.48. The van der Waals surface area contributed by atoms with Gasteiger partial charge in [0.15, 0.2) is 6.10 Å². The van der Waals surface area contributed by atoms with Crippen LogP contribution in [0.2, 0.25) is 0 Å². The van der Waals surface area contributed by atoms with Crippen LogP contribution in [0.4, 0.5) is 0 Å². The summed E-state index contributed by atoms with van der Waals surface area (Å²) in [4.78, 5) is 35.1. The molecule has 2 N–H and O–H groups in total. The summed E-state index contributed by atoms with van der Waals surface area (Å²) in [6.45, 7) is 4.27. The van der Waals surface area contributed by atoms with E-state index in [4.69, 9.17) is 18.5 Å². The van der Waals surface area contributed by atoms with Gasteiger partial charge in [0.25, 0.3) is 0 Å². The number of hydrogen-bond donors (Lipinski definition) is 2. The van der Waals surface area contributed by atoms with Gasteiger partial charge in [0.05, 0.1) is 13.2 Å². The molecule has 0 amide bonds. The van der Waals surface area contributed by atoms with Gasteiger partial charge in [-0.2, -0.15) is 0 Å². The van der Waals surface area contributed by atoms with E-state index in [2.05, 4.69) is 19.2 Å². The van der Waals surface area contributed by atoms with Crippen molar-refractivity contribution >= 4 is 19.8 Å². The number of phosphoric ester groups is 1. The highest BCUT2D eigenvalue weighted by Gasteiger charge is 2.26. The standard InChI is InChI=1S/C44H88NO8P/c1-4-6-8-10-12-14-16-18-20-21-23-24-26-28-30-32-34-36-43(46)50-40-42(41-52-54(48,49)51-39-38-45-3)53-44(47)37-35-33-31-29-27-25-22-19-17-15-13-11-9-7-5-2/h42,45H,4-41H2,1-3H3,(H,48,49). The smallest absolute Gasteiger partial charge is 0.462 e. The normalized spacial score (nSPS) is 13.2. The summed E-state index contributed by atoms with van der Waals surface area (Å²) in [5.41, 5.74) is 0. The zero-order valence-electron chi connectivity index (χ0n) is 35.7. The van der Waals surface area contributed by atoms with Crippen LogP contribution in [0.25, 0.3) is 0 Å². The second-order valence-corrected chi connectivity index (χ2v) is 17.1. The number of esters is 2. The SMILES string of the molecule is CCCCCCCCCCCCCCCCCCCC(=O)OCC(COP(=O)(O)OCCNC)OC(=O)CCCCCCCCCCCCCCCCC. The molecule has 0 aromatic carbocycles. The van der Waals surface area contributed by atoms with Crippen molar-refractivity contribution in [3.8, 4) is 0 Å². The molecule has 9 nitrogen and oxygen atoms in total. The fourth-order valence-electron chi connectivity index (χ4n) is 6.73. The molecule has 0 radical (unpaired) electrons. The predicted molar refractivity (Wildman–Crippen MR) is 225 cm³/mol. The molecule has 2 unspecified atom stereocenters. The van der Waals surface area contributed by atoms with Crippen molar-refractivity contribution in [1.82, 2.24) is 5.32 Å². The molecule has 0 rings (SSSR count). The van der Waals surface area contributed by atoms with E-state index in [1.807, 2.05) is 0 Å². The third-order valence-corrected chi connectivity index (χ3v) is 11.2. The zero-order chi connectivity index (χ0) is 39.6. The first-order chi connectivity index (χ1) is 26.3. The van der Waals surface area contributed by atoms with Gasteiger partial charge in [-0.1, -0.05) is 206 Å². The maximum atomic E-state index is 12.6. The summed E-state index contributed by atoms with van der Waals surface area (Å²) in [7, 11) is -2.64. The van der Waals surface area contributed by atoms with Gasteiger partial charge >= 0.3 is 19.8 Å². The molecule has 0 aromatic rings. The van der Waals surface area contributed by atoms with Crippen molar-refractivity contribution in [2.45, 2.75) is 238 Å². The summed E-state index contributed by atoms with van der Waals surface area (Å²) in [5, 5.41) is 2.83. The molecule has 54 heavy (non-hydrogen) atoms. The van der Waals surface area contributed by atoms with Crippen LogP contribution in [0.15, 0.2) is 0 Å². The quantitative estimate of drug-likeness (QED) is 0.0353. The van der Waals surface area contributed by atoms with E-state index in [1.54, 1.807) is 7.05 Å². The van der Waals surface area contributed by atoms with Crippen LogP contribution in [0.1, 0.15) is 232 Å². The Bertz CT molecular complexity index is 860. The molecule has 0 fully saturated rings. The molecular weight excluding hydrogens is 701 g/mol. The number of likely N-dealkylation sites (N-methyl/N-ethyl adjacent to an activating group) is 1. The van der Waals surface area contributed by atoms with Crippen molar-refractivity contribution in [3.63, 3.8) is 0 Å². The molecular formula is C44H88NO8P. The van der Waals surface area contributed by atoms with Crippen molar-refractivity contribution in [1.29, 1.82) is 0 Å². The summed E-state index contributed by atoms with van der Waals surface area (Å²) < 4.78 is 33.2. The number of nitrogens with one attached hydrogen (secondary N) is 1. The molecule has 10 heteroatoms. The third-order valence-electron chi connectivity index (χ3n) is 10.2. The van der Waals surface area contributed by atoms with Crippen molar-refractivity contribution in [3.05, 3.63) is 0 Å². The van der Waals surface area contributed by atoms with Crippen LogP contribution in [0.5, 0.6) is 0 Å². The summed E-state index contributed by atoms with van der Waals surface area (Å²) in [6, 6.07) is 0. The number of carbonyl (C=O) groups excluding carboxylic acids is 2. The Hall–Kier alpha value is -0.990. The maximum absolute atomic E-state index is 12.6. The van der Waals surface area contributed by atoms with Gasteiger partial charge in [-0.3, -0.25) is 18.6 Å². The van der Waals surface area contributed by atoms with E-state index in [1.165, 1.54) is 167 Å². The van der Waals surface area contributed by atoms with E-state index in [0.29, 0.717) is 13.0 Å². The van der Waals surface area contributed by atoms with Crippen LogP contribution in [0.3, 0.4) is 0 Å². The molecule has 0 aliphatic rings. The first kappa shape index (κ1) is 53.0.